The summed E-state index contributed by atoms with van der Waals surface area (Å²) in [4.78, 5) is 1.38. The molecule has 0 aliphatic heterocycles. The Kier molecular flexibility index (Phi) is 5.80. The average Bonchev–Trinajstić information content (AvgIpc) is 2.79. The number of allylic oxidation sites excluding steroid dienone is 2. The molecule has 2 unspecified atom stereocenters. The van der Waals surface area contributed by atoms with Gasteiger partial charge in [-0.3, -0.25) is 0 Å². The van der Waals surface area contributed by atoms with E-state index in [-0.39, 0.29) is 5.41 Å². The van der Waals surface area contributed by atoms with Gasteiger partial charge in [0.2, 0.25) is 0 Å². The highest BCUT2D eigenvalue weighted by molar-refractivity contribution is 7.99. The largest absolute Gasteiger partial charge is 0.497 e. The molecule has 0 spiro atoms. The summed E-state index contributed by atoms with van der Waals surface area (Å²) in [6, 6.07) is 14.0. The van der Waals surface area contributed by atoms with Crippen LogP contribution in [0, 0.1) is 37.5 Å². The van der Waals surface area contributed by atoms with Crippen molar-refractivity contribution in [3.05, 3.63) is 88.2 Å². The van der Waals surface area contributed by atoms with E-state index in [1.165, 1.54) is 33.6 Å². The first-order chi connectivity index (χ1) is 15.8. The standard InChI is InChI=1S/C31H38OS/c1-8-23-11-14-25-29(22(23)6)31-16-19(3)21(5)28(26(31)15-27(32-7)20(4)17-31)30(25)33-24-12-9-18(2)10-13-24/h9-15,19,21,26,28,30H,4,8,16-17H2,1-3,5-7H3/t19-,21?,26?,28+,30+,31+/m0/s1. The molecule has 2 heteroatoms. The minimum atomic E-state index is 0.143. The number of rotatable bonds is 4. The average molecular weight is 459 g/mol. The van der Waals surface area contributed by atoms with Gasteiger partial charge in [-0.15, -0.1) is 11.8 Å². The molecule has 1 saturated carbocycles. The number of thioether (sulfide) groups is 1. The number of benzene rings is 2. The van der Waals surface area contributed by atoms with Crippen molar-refractivity contribution in [1.82, 2.24) is 0 Å². The molecule has 0 radical (unpaired) electrons. The first kappa shape index (κ1) is 22.8. The summed E-state index contributed by atoms with van der Waals surface area (Å²) in [6.45, 7) is 16.3. The van der Waals surface area contributed by atoms with Gasteiger partial charge in [-0.2, -0.15) is 0 Å². The maximum absolute atomic E-state index is 5.86. The lowest BCUT2D eigenvalue weighted by molar-refractivity contribution is 0.0287. The SMILES string of the molecule is C=C1C[C@]23C[C@H](C)C(C)[C@H](C2C=C1OC)[C@H](Sc1ccc(C)cc1)c1ccc(CC)c(C)c13. The highest BCUT2D eigenvalue weighted by Crippen LogP contribution is 2.67. The molecule has 0 saturated heterocycles. The molecule has 3 aliphatic rings. The fraction of sp³-hybridized carbons (Fsp3) is 0.484. The Labute approximate surface area is 204 Å². The quantitative estimate of drug-likeness (QED) is 0.455. The zero-order valence-electron chi connectivity index (χ0n) is 21.1. The van der Waals surface area contributed by atoms with E-state index in [1.54, 1.807) is 11.1 Å². The van der Waals surface area contributed by atoms with Crippen LogP contribution in [0.3, 0.4) is 0 Å². The van der Waals surface area contributed by atoms with E-state index >= 15 is 0 Å². The lowest BCUT2D eigenvalue weighted by Gasteiger charge is -2.61. The summed E-state index contributed by atoms with van der Waals surface area (Å²) in [5, 5.41) is 0.448. The summed E-state index contributed by atoms with van der Waals surface area (Å²) >= 11 is 2.08. The van der Waals surface area contributed by atoms with Gasteiger partial charge in [-0.25, -0.2) is 0 Å². The zero-order chi connectivity index (χ0) is 23.5. The molecular formula is C31H38OS. The number of hydrogen-bond acceptors (Lipinski definition) is 2. The van der Waals surface area contributed by atoms with E-state index in [4.69, 9.17) is 4.74 Å². The Morgan fingerprint density at radius 1 is 1.09 bits per heavy atom. The molecule has 0 heterocycles. The first-order valence-corrected chi connectivity index (χ1v) is 13.5. The molecule has 33 heavy (non-hydrogen) atoms. The van der Waals surface area contributed by atoms with Crippen molar-refractivity contribution in [2.45, 2.75) is 69.4 Å². The van der Waals surface area contributed by atoms with Crippen LogP contribution >= 0.6 is 11.8 Å². The normalized spacial score (nSPS) is 32.6. The third kappa shape index (κ3) is 3.43. The van der Waals surface area contributed by atoms with E-state index in [9.17, 15) is 0 Å². The smallest absolute Gasteiger partial charge is 0.117 e. The summed E-state index contributed by atoms with van der Waals surface area (Å²) < 4.78 is 5.86. The second-order valence-corrected chi connectivity index (χ2v) is 12.0. The van der Waals surface area contributed by atoms with Gasteiger partial charge in [0.15, 0.2) is 0 Å². The van der Waals surface area contributed by atoms with Crippen molar-refractivity contribution in [3.63, 3.8) is 0 Å². The molecule has 2 bridgehead atoms. The van der Waals surface area contributed by atoms with Crippen molar-refractivity contribution >= 4 is 11.8 Å². The van der Waals surface area contributed by atoms with Crippen LogP contribution in [0.4, 0.5) is 0 Å². The molecular weight excluding hydrogens is 420 g/mol. The van der Waals surface area contributed by atoms with Gasteiger partial charge in [0, 0.05) is 15.6 Å². The van der Waals surface area contributed by atoms with Crippen LogP contribution in [0.15, 0.2) is 65.3 Å². The summed E-state index contributed by atoms with van der Waals surface area (Å²) in [5.41, 5.74) is 8.88. The third-order valence-corrected chi connectivity index (χ3v) is 10.5. The molecule has 0 amide bonds. The van der Waals surface area contributed by atoms with E-state index in [0.717, 1.165) is 18.6 Å². The topological polar surface area (TPSA) is 9.23 Å². The zero-order valence-corrected chi connectivity index (χ0v) is 21.9. The number of fused-ring (bicyclic) bond motifs is 1. The predicted molar refractivity (Wildman–Crippen MR) is 141 cm³/mol. The fourth-order valence-corrected chi connectivity index (χ4v) is 8.87. The molecule has 174 valence electrons. The van der Waals surface area contributed by atoms with E-state index in [1.807, 2.05) is 7.11 Å². The van der Waals surface area contributed by atoms with E-state index in [0.29, 0.717) is 28.9 Å². The van der Waals surface area contributed by atoms with Gasteiger partial charge in [0.05, 0.1) is 7.11 Å². The molecule has 5 rings (SSSR count). The molecule has 3 aliphatic carbocycles. The van der Waals surface area contributed by atoms with Gasteiger partial charge in [-0.05, 0) is 103 Å². The molecule has 1 fully saturated rings. The minimum absolute atomic E-state index is 0.143. The Morgan fingerprint density at radius 3 is 2.48 bits per heavy atom. The van der Waals surface area contributed by atoms with Crippen molar-refractivity contribution < 1.29 is 4.74 Å². The Hall–Kier alpha value is -1.93. The van der Waals surface area contributed by atoms with Gasteiger partial charge >= 0.3 is 0 Å². The fourth-order valence-electron chi connectivity index (χ4n) is 7.38. The van der Waals surface area contributed by atoms with Crippen molar-refractivity contribution in [3.8, 4) is 0 Å². The lowest BCUT2D eigenvalue weighted by Crippen LogP contribution is -2.55. The molecule has 0 N–H and O–H groups in total. The van der Waals surface area contributed by atoms with E-state index < -0.39 is 0 Å². The van der Waals surface area contributed by atoms with Gasteiger partial charge < -0.3 is 4.74 Å². The van der Waals surface area contributed by atoms with Crippen molar-refractivity contribution in [1.29, 1.82) is 0 Å². The Bertz CT molecular complexity index is 1110. The maximum Gasteiger partial charge on any atom is 0.117 e. The molecule has 0 aromatic heterocycles. The van der Waals surface area contributed by atoms with Crippen molar-refractivity contribution in [2.24, 2.45) is 23.7 Å². The van der Waals surface area contributed by atoms with Crippen LogP contribution in [-0.4, -0.2) is 7.11 Å². The number of methoxy groups -OCH3 is 1. The van der Waals surface area contributed by atoms with Crippen LogP contribution in [0.2, 0.25) is 0 Å². The van der Waals surface area contributed by atoms with Crippen LogP contribution in [0.25, 0.3) is 0 Å². The molecule has 1 nitrogen and oxygen atoms in total. The van der Waals surface area contributed by atoms with Gasteiger partial charge in [0.1, 0.15) is 5.76 Å². The van der Waals surface area contributed by atoms with Crippen molar-refractivity contribution in [2.75, 3.05) is 7.11 Å². The van der Waals surface area contributed by atoms with Crippen LogP contribution in [-0.2, 0) is 16.6 Å². The van der Waals surface area contributed by atoms with E-state index in [2.05, 4.69) is 95.4 Å². The van der Waals surface area contributed by atoms with Crippen LogP contribution in [0.5, 0.6) is 0 Å². The van der Waals surface area contributed by atoms with Crippen LogP contribution < -0.4 is 0 Å². The Balaban J connectivity index is 1.77. The monoisotopic (exact) mass is 458 g/mol. The number of ether oxygens (including phenoxy) is 1. The first-order valence-electron chi connectivity index (χ1n) is 12.6. The Morgan fingerprint density at radius 2 is 1.82 bits per heavy atom. The minimum Gasteiger partial charge on any atom is -0.497 e. The highest BCUT2D eigenvalue weighted by atomic mass is 32.2. The second-order valence-electron chi connectivity index (χ2n) is 10.8. The second kappa shape index (κ2) is 8.38. The summed E-state index contributed by atoms with van der Waals surface area (Å²) in [6.07, 6.45) is 5.83. The lowest BCUT2D eigenvalue weighted by atomic mass is 9.45. The summed E-state index contributed by atoms with van der Waals surface area (Å²) in [5.74, 6) is 3.44. The van der Waals surface area contributed by atoms with Gasteiger partial charge in [-0.1, -0.05) is 57.2 Å². The molecule has 6 atom stereocenters. The number of hydrogen-bond donors (Lipinski definition) is 0. The molecule has 2 aromatic rings. The number of aryl methyl sites for hydroxylation is 2. The maximum atomic E-state index is 5.86. The highest BCUT2D eigenvalue weighted by Gasteiger charge is 2.59. The van der Waals surface area contributed by atoms with Gasteiger partial charge in [0.25, 0.3) is 0 Å². The third-order valence-electron chi connectivity index (χ3n) is 9.10. The predicted octanol–water partition coefficient (Wildman–Crippen LogP) is 8.35. The molecule has 2 aromatic carbocycles. The van der Waals surface area contributed by atoms with Crippen LogP contribution in [0.1, 0.15) is 66.7 Å². The summed E-state index contributed by atoms with van der Waals surface area (Å²) in [7, 11) is 1.81.